The summed E-state index contributed by atoms with van der Waals surface area (Å²) in [6, 6.07) is 14.0. The summed E-state index contributed by atoms with van der Waals surface area (Å²) in [7, 11) is 1.26. The first kappa shape index (κ1) is 16.4. The molecule has 0 saturated carbocycles. The second kappa shape index (κ2) is 6.96. The Kier molecular flexibility index (Phi) is 4.56. The molecule has 3 rings (SSSR count). The van der Waals surface area contributed by atoms with Crippen molar-refractivity contribution >= 4 is 17.7 Å². The van der Waals surface area contributed by atoms with E-state index >= 15 is 0 Å². The number of hydrogen-bond acceptors (Lipinski definition) is 5. The van der Waals surface area contributed by atoms with Crippen molar-refractivity contribution in [3.8, 4) is 5.69 Å². The molecular weight excluding hydrogens is 320 g/mol. The number of carbonyl (C=O) groups excluding carboxylic acids is 2. The first-order valence-electron chi connectivity index (χ1n) is 7.56. The molecule has 7 nitrogen and oxygen atoms in total. The number of amides is 1. The van der Waals surface area contributed by atoms with Crippen LogP contribution in [-0.2, 0) is 4.74 Å². The van der Waals surface area contributed by atoms with E-state index in [9.17, 15) is 9.59 Å². The van der Waals surface area contributed by atoms with Crippen LogP contribution in [0, 0.1) is 6.92 Å². The van der Waals surface area contributed by atoms with E-state index in [0.29, 0.717) is 11.5 Å². The van der Waals surface area contributed by atoms with E-state index in [2.05, 4.69) is 15.4 Å². The first-order chi connectivity index (χ1) is 12.1. The molecule has 0 bridgehead atoms. The van der Waals surface area contributed by atoms with E-state index in [4.69, 9.17) is 4.74 Å². The number of aromatic nitrogens is 3. The van der Waals surface area contributed by atoms with Crippen molar-refractivity contribution in [1.82, 2.24) is 14.8 Å². The highest BCUT2D eigenvalue weighted by Crippen LogP contribution is 2.15. The summed E-state index contributed by atoms with van der Waals surface area (Å²) >= 11 is 0. The van der Waals surface area contributed by atoms with Crippen LogP contribution in [0.4, 0.5) is 5.82 Å². The predicted octanol–water partition coefficient (Wildman–Crippen LogP) is 2.61. The van der Waals surface area contributed by atoms with Gasteiger partial charge in [0.15, 0.2) is 5.69 Å². The molecule has 1 amide bonds. The Morgan fingerprint density at radius 1 is 1.12 bits per heavy atom. The topological polar surface area (TPSA) is 86.1 Å². The van der Waals surface area contributed by atoms with Gasteiger partial charge in [0.1, 0.15) is 11.5 Å². The number of nitrogens with zero attached hydrogens (tertiary/aromatic N) is 3. The minimum absolute atomic E-state index is 0.0494. The number of rotatable bonds is 4. The fourth-order valence-corrected chi connectivity index (χ4v) is 2.24. The maximum Gasteiger partial charge on any atom is 0.358 e. The van der Waals surface area contributed by atoms with Crippen molar-refractivity contribution in [3.05, 3.63) is 71.7 Å². The van der Waals surface area contributed by atoms with Crippen LogP contribution in [0.25, 0.3) is 5.69 Å². The quantitative estimate of drug-likeness (QED) is 0.740. The molecule has 1 N–H and O–H groups in total. The lowest BCUT2D eigenvalue weighted by molar-refractivity contribution is 0.0593. The van der Waals surface area contributed by atoms with E-state index in [0.717, 1.165) is 5.56 Å². The average Bonchev–Trinajstić information content (AvgIpc) is 3.09. The normalized spacial score (nSPS) is 10.3. The molecule has 0 aliphatic heterocycles. The maximum absolute atomic E-state index is 12.7. The number of ether oxygens (including phenoxy) is 1. The van der Waals surface area contributed by atoms with Gasteiger partial charge < -0.3 is 10.1 Å². The summed E-state index contributed by atoms with van der Waals surface area (Å²) in [6.07, 6.45) is 1.66. The molecule has 0 aliphatic carbocycles. The number of para-hydroxylation sites is 1. The van der Waals surface area contributed by atoms with Gasteiger partial charge in [-0.05, 0) is 30.7 Å². The molecule has 0 atom stereocenters. The number of nitrogens with one attached hydrogen (secondary N) is 1. The van der Waals surface area contributed by atoms with Crippen LogP contribution < -0.4 is 5.32 Å². The maximum atomic E-state index is 12.7. The summed E-state index contributed by atoms with van der Waals surface area (Å²) in [5, 5.41) is 6.89. The zero-order chi connectivity index (χ0) is 17.8. The summed E-state index contributed by atoms with van der Waals surface area (Å²) in [6.45, 7) is 1.91. The molecule has 3 aromatic rings. The minimum atomic E-state index is -0.614. The molecule has 0 saturated heterocycles. The number of carbonyl (C=O) groups is 2. The standard InChI is InChI=1S/C18H16N4O3/c1-12-8-9-16(19-11-12)20-17(23)15-10-14(18(24)25-2)21-22(15)13-6-4-3-5-7-13/h3-11H,1-2H3,(H,19,20,23). The Morgan fingerprint density at radius 2 is 1.88 bits per heavy atom. The zero-order valence-electron chi connectivity index (χ0n) is 13.8. The molecule has 126 valence electrons. The molecule has 0 aliphatic rings. The van der Waals surface area contributed by atoms with Gasteiger partial charge in [-0.15, -0.1) is 0 Å². The van der Waals surface area contributed by atoms with Crippen molar-refractivity contribution < 1.29 is 14.3 Å². The van der Waals surface area contributed by atoms with Gasteiger partial charge in [0.25, 0.3) is 5.91 Å². The molecule has 2 heterocycles. The van der Waals surface area contributed by atoms with Gasteiger partial charge in [-0.1, -0.05) is 24.3 Å². The molecular formula is C18H16N4O3. The number of hydrogen-bond donors (Lipinski definition) is 1. The second-order valence-corrected chi connectivity index (χ2v) is 5.33. The number of anilines is 1. The Hall–Kier alpha value is -3.48. The molecule has 0 spiro atoms. The Balaban J connectivity index is 1.98. The minimum Gasteiger partial charge on any atom is -0.464 e. The fraction of sp³-hybridized carbons (Fsp3) is 0.111. The number of benzene rings is 1. The van der Waals surface area contributed by atoms with Crippen molar-refractivity contribution in [1.29, 1.82) is 0 Å². The third-order valence-corrected chi connectivity index (χ3v) is 3.49. The highest BCUT2D eigenvalue weighted by Gasteiger charge is 2.21. The number of methoxy groups -OCH3 is 1. The lowest BCUT2D eigenvalue weighted by Crippen LogP contribution is -2.17. The molecule has 2 aromatic heterocycles. The molecule has 1 aromatic carbocycles. The highest BCUT2D eigenvalue weighted by atomic mass is 16.5. The van der Waals surface area contributed by atoms with Gasteiger partial charge in [0, 0.05) is 12.3 Å². The monoisotopic (exact) mass is 336 g/mol. The van der Waals surface area contributed by atoms with Crippen molar-refractivity contribution in [2.45, 2.75) is 6.92 Å². The van der Waals surface area contributed by atoms with Gasteiger partial charge in [-0.2, -0.15) is 5.10 Å². The Morgan fingerprint density at radius 3 is 2.52 bits per heavy atom. The zero-order valence-corrected chi connectivity index (χ0v) is 13.8. The van der Waals surface area contributed by atoms with Crippen LogP contribution >= 0.6 is 0 Å². The predicted molar refractivity (Wildman–Crippen MR) is 91.8 cm³/mol. The third-order valence-electron chi connectivity index (χ3n) is 3.49. The van der Waals surface area contributed by atoms with Crippen LogP contribution in [0.2, 0.25) is 0 Å². The van der Waals surface area contributed by atoms with Crippen LogP contribution in [-0.4, -0.2) is 33.8 Å². The van der Waals surface area contributed by atoms with E-state index in [1.165, 1.54) is 17.9 Å². The Bertz CT molecular complexity index is 902. The van der Waals surface area contributed by atoms with E-state index < -0.39 is 11.9 Å². The fourth-order valence-electron chi connectivity index (χ4n) is 2.24. The largest absolute Gasteiger partial charge is 0.464 e. The van der Waals surface area contributed by atoms with Crippen molar-refractivity contribution in [2.24, 2.45) is 0 Å². The molecule has 0 fully saturated rings. The first-order valence-corrected chi connectivity index (χ1v) is 7.56. The molecule has 0 radical (unpaired) electrons. The average molecular weight is 336 g/mol. The van der Waals surface area contributed by atoms with Gasteiger partial charge in [0.2, 0.25) is 0 Å². The van der Waals surface area contributed by atoms with Crippen LogP contribution in [0.15, 0.2) is 54.7 Å². The van der Waals surface area contributed by atoms with E-state index in [-0.39, 0.29) is 11.4 Å². The second-order valence-electron chi connectivity index (χ2n) is 5.33. The van der Waals surface area contributed by atoms with Crippen molar-refractivity contribution in [2.75, 3.05) is 12.4 Å². The van der Waals surface area contributed by atoms with E-state index in [1.54, 1.807) is 24.4 Å². The number of pyridine rings is 1. The van der Waals surface area contributed by atoms with Crippen LogP contribution in [0.3, 0.4) is 0 Å². The van der Waals surface area contributed by atoms with Crippen LogP contribution in [0.5, 0.6) is 0 Å². The third kappa shape index (κ3) is 3.55. The summed E-state index contributed by atoms with van der Waals surface area (Å²) < 4.78 is 6.09. The molecule has 25 heavy (non-hydrogen) atoms. The summed E-state index contributed by atoms with van der Waals surface area (Å²) in [5.74, 6) is -0.629. The lowest BCUT2D eigenvalue weighted by atomic mass is 10.3. The Labute approximate surface area is 144 Å². The number of esters is 1. The highest BCUT2D eigenvalue weighted by molar-refractivity contribution is 6.04. The molecule has 7 heteroatoms. The van der Waals surface area contributed by atoms with Gasteiger partial charge >= 0.3 is 5.97 Å². The smallest absolute Gasteiger partial charge is 0.358 e. The molecule has 0 unspecified atom stereocenters. The SMILES string of the molecule is COC(=O)c1cc(C(=O)Nc2ccc(C)cn2)n(-c2ccccc2)n1. The van der Waals surface area contributed by atoms with Gasteiger partial charge in [0.05, 0.1) is 12.8 Å². The van der Waals surface area contributed by atoms with Gasteiger partial charge in [-0.25, -0.2) is 14.5 Å². The lowest BCUT2D eigenvalue weighted by Gasteiger charge is -2.08. The van der Waals surface area contributed by atoms with Crippen molar-refractivity contribution in [3.63, 3.8) is 0 Å². The summed E-state index contributed by atoms with van der Waals surface area (Å²) in [4.78, 5) is 28.6. The van der Waals surface area contributed by atoms with E-state index in [1.807, 2.05) is 31.2 Å². The number of aryl methyl sites for hydroxylation is 1. The van der Waals surface area contributed by atoms with Crippen LogP contribution in [0.1, 0.15) is 26.5 Å². The summed E-state index contributed by atoms with van der Waals surface area (Å²) in [5.41, 5.74) is 1.89. The van der Waals surface area contributed by atoms with Gasteiger partial charge in [-0.3, -0.25) is 4.79 Å².